The summed E-state index contributed by atoms with van der Waals surface area (Å²) in [5.41, 5.74) is 3.76. The molecule has 0 aromatic heterocycles. The third kappa shape index (κ3) is 4.17. The van der Waals surface area contributed by atoms with Gasteiger partial charge in [-0.2, -0.15) is 0 Å². The molecule has 0 spiro atoms. The Hall–Kier alpha value is -1.97. The molecule has 0 unspecified atom stereocenters. The van der Waals surface area contributed by atoms with E-state index in [4.69, 9.17) is 9.47 Å². The van der Waals surface area contributed by atoms with Crippen LogP contribution >= 0.6 is 0 Å². The van der Waals surface area contributed by atoms with E-state index in [9.17, 15) is 4.79 Å². The summed E-state index contributed by atoms with van der Waals surface area (Å²) in [6.07, 6.45) is 4.19. The Labute approximate surface area is 151 Å². The van der Waals surface area contributed by atoms with Crippen LogP contribution in [0, 0.1) is 0 Å². The lowest BCUT2D eigenvalue weighted by molar-refractivity contribution is -0.176. The van der Waals surface area contributed by atoms with Gasteiger partial charge >= 0.3 is 0 Å². The maximum atomic E-state index is 13.2. The van der Waals surface area contributed by atoms with Gasteiger partial charge in [-0.15, -0.1) is 0 Å². The van der Waals surface area contributed by atoms with Gasteiger partial charge in [-0.1, -0.05) is 75.2 Å². The van der Waals surface area contributed by atoms with E-state index in [1.54, 1.807) is 0 Å². The molecule has 0 aliphatic carbocycles. The molecular weight excluding hydrogens is 312 g/mol. The lowest BCUT2D eigenvalue weighted by Crippen LogP contribution is -2.40. The average molecular weight is 340 g/mol. The number of aryl methyl sites for hydroxylation is 2. The van der Waals surface area contributed by atoms with Gasteiger partial charge in [-0.25, -0.2) is 0 Å². The van der Waals surface area contributed by atoms with Gasteiger partial charge in [0, 0.05) is 25.3 Å². The molecule has 0 fully saturated rings. The summed E-state index contributed by atoms with van der Waals surface area (Å²) in [6.45, 7) is 4.29. The molecule has 0 saturated heterocycles. The maximum absolute atomic E-state index is 13.2. The first-order valence-corrected chi connectivity index (χ1v) is 8.94. The van der Waals surface area contributed by atoms with E-state index in [0.29, 0.717) is 11.1 Å². The predicted octanol–water partition coefficient (Wildman–Crippen LogP) is 4.92. The molecule has 0 aliphatic heterocycles. The zero-order valence-corrected chi connectivity index (χ0v) is 15.7. The summed E-state index contributed by atoms with van der Waals surface area (Å²) in [5, 5.41) is 0. The molecule has 0 aliphatic rings. The highest BCUT2D eigenvalue weighted by molar-refractivity contribution is 6.02. The highest BCUT2D eigenvalue weighted by Gasteiger charge is 2.41. The number of Topliss-reactive ketones (excluding diaryl/α,β-unsaturated/α-hetero) is 1. The van der Waals surface area contributed by atoms with Gasteiger partial charge in [0.1, 0.15) is 0 Å². The fourth-order valence-electron chi connectivity index (χ4n) is 3.12. The number of carbonyl (C=O) groups excluding carboxylic acids is 1. The lowest BCUT2D eigenvalue weighted by atomic mass is 9.93. The highest BCUT2D eigenvalue weighted by atomic mass is 16.7. The third-order valence-corrected chi connectivity index (χ3v) is 4.50. The number of hydrogen-bond donors (Lipinski definition) is 0. The van der Waals surface area contributed by atoms with E-state index in [1.165, 1.54) is 25.3 Å². The smallest absolute Gasteiger partial charge is 0.260 e. The standard InChI is InChI=1S/C22H28O3/c1-5-7-17-9-13-19(14-10-17)21(23)22(24-3,25-4)20-15-11-18(8-6-2)12-16-20/h9-16H,5-8H2,1-4H3. The van der Waals surface area contributed by atoms with Gasteiger partial charge in [-0.05, 0) is 24.0 Å². The molecule has 3 nitrogen and oxygen atoms in total. The zero-order valence-electron chi connectivity index (χ0n) is 15.7. The van der Waals surface area contributed by atoms with Crippen LogP contribution < -0.4 is 0 Å². The molecule has 0 heterocycles. The van der Waals surface area contributed by atoms with Crippen LogP contribution in [0.2, 0.25) is 0 Å². The van der Waals surface area contributed by atoms with Gasteiger partial charge in [0.25, 0.3) is 5.79 Å². The second kappa shape index (κ2) is 8.93. The van der Waals surface area contributed by atoms with E-state index in [0.717, 1.165) is 25.7 Å². The lowest BCUT2D eigenvalue weighted by Gasteiger charge is -2.30. The molecule has 3 heteroatoms. The Morgan fingerprint density at radius 3 is 1.64 bits per heavy atom. The molecule has 134 valence electrons. The number of carbonyl (C=O) groups is 1. The predicted molar refractivity (Wildman–Crippen MR) is 101 cm³/mol. The SMILES string of the molecule is CCCc1ccc(C(=O)C(OC)(OC)c2ccc(CCC)cc2)cc1. The summed E-state index contributed by atoms with van der Waals surface area (Å²) < 4.78 is 11.2. The van der Waals surface area contributed by atoms with Crippen LogP contribution in [-0.4, -0.2) is 20.0 Å². The van der Waals surface area contributed by atoms with E-state index in [-0.39, 0.29) is 5.78 Å². The molecule has 0 atom stereocenters. The van der Waals surface area contributed by atoms with E-state index in [2.05, 4.69) is 13.8 Å². The molecule has 2 aromatic rings. The van der Waals surface area contributed by atoms with Crippen molar-refractivity contribution in [3.05, 3.63) is 70.8 Å². The van der Waals surface area contributed by atoms with E-state index >= 15 is 0 Å². The van der Waals surface area contributed by atoms with Crippen LogP contribution in [0.25, 0.3) is 0 Å². The molecule has 0 radical (unpaired) electrons. The Morgan fingerprint density at radius 2 is 1.24 bits per heavy atom. The average Bonchev–Trinajstić information content (AvgIpc) is 2.65. The summed E-state index contributed by atoms with van der Waals surface area (Å²) >= 11 is 0. The molecule has 0 saturated carbocycles. The second-order valence-electron chi connectivity index (χ2n) is 6.25. The van der Waals surface area contributed by atoms with Crippen molar-refractivity contribution in [3.8, 4) is 0 Å². The number of methoxy groups -OCH3 is 2. The summed E-state index contributed by atoms with van der Waals surface area (Å²) in [5.74, 6) is -1.61. The molecule has 25 heavy (non-hydrogen) atoms. The minimum absolute atomic E-state index is 0.191. The van der Waals surface area contributed by atoms with Crippen molar-refractivity contribution in [2.45, 2.75) is 45.3 Å². The first kappa shape index (κ1) is 19.4. The quantitative estimate of drug-likeness (QED) is 0.480. The van der Waals surface area contributed by atoms with Crippen LogP contribution in [0.4, 0.5) is 0 Å². The van der Waals surface area contributed by atoms with Crippen molar-refractivity contribution in [3.63, 3.8) is 0 Å². The molecular formula is C22H28O3. The fourth-order valence-corrected chi connectivity index (χ4v) is 3.12. The number of ether oxygens (including phenoxy) is 2. The third-order valence-electron chi connectivity index (χ3n) is 4.50. The van der Waals surface area contributed by atoms with E-state index < -0.39 is 5.79 Å². The molecule has 0 bridgehead atoms. The van der Waals surface area contributed by atoms with Crippen LogP contribution in [0.3, 0.4) is 0 Å². The first-order valence-electron chi connectivity index (χ1n) is 8.94. The van der Waals surface area contributed by atoms with Gasteiger partial charge in [-0.3, -0.25) is 4.79 Å². The molecule has 0 N–H and O–H groups in total. The van der Waals surface area contributed by atoms with E-state index in [1.807, 2.05) is 48.5 Å². The van der Waals surface area contributed by atoms with Gasteiger partial charge in [0.05, 0.1) is 0 Å². The van der Waals surface area contributed by atoms with Crippen molar-refractivity contribution in [1.29, 1.82) is 0 Å². The van der Waals surface area contributed by atoms with Crippen molar-refractivity contribution in [1.82, 2.24) is 0 Å². The normalized spacial score (nSPS) is 11.5. The molecule has 2 rings (SSSR count). The highest BCUT2D eigenvalue weighted by Crippen LogP contribution is 2.31. The minimum atomic E-state index is -1.42. The largest absolute Gasteiger partial charge is 0.343 e. The monoisotopic (exact) mass is 340 g/mol. The Kier molecular flexibility index (Phi) is 6.91. The summed E-state index contributed by atoms with van der Waals surface area (Å²) in [4.78, 5) is 13.2. The Bertz CT molecular complexity index is 667. The van der Waals surface area contributed by atoms with Crippen LogP contribution in [0.15, 0.2) is 48.5 Å². The maximum Gasteiger partial charge on any atom is 0.260 e. The Balaban J connectivity index is 2.35. The van der Waals surface area contributed by atoms with Gasteiger partial charge < -0.3 is 9.47 Å². The summed E-state index contributed by atoms with van der Waals surface area (Å²) in [7, 11) is 3.01. The number of hydrogen-bond acceptors (Lipinski definition) is 3. The zero-order chi connectivity index (χ0) is 18.3. The Morgan fingerprint density at radius 1 is 0.800 bits per heavy atom. The minimum Gasteiger partial charge on any atom is -0.343 e. The topological polar surface area (TPSA) is 35.5 Å². The van der Waals surface area contributed by atoms with Crippen LogP contribution in [0.5, 0.6) is 0 Å². The number of benzene rings is 2. The van der Waals surface area contributed by atoms with Gasteiger partial charge in [0.2, 0.25) is 5.78 Å². The number of ketones is 1. The second-order valence-corrected chi connectivity index (χ2v) is 6.25. The van der Waals surface area contributed by atoms with Crippen molar-refractivity contribution < 1.29 is 14.3 Å². The number of rotatable bonds is 9. The van der Waals surface area contributed by atoms with Crippen LogP contribution in [0.1, 0.15) is 53.7 Å². The fraction of sp³-hybridized carbons (Fsp3) is 0.409. The van der Waals surface area contributed by atoms with Crippen molar-refractivity contribution >= 4 is 5.78 Å². The van der Waals surface area contributed by atoms with Crippen molar-refractivity contribution in [2.24, 2.45) is 0 Å². The van der Waals surface area contributed by atoms with Crippen molar-refractivity contribution in [2.75, 3.05) is 14.2 Å². The van der Waals surface area contributed by atoms with Gasteiger partial charge in [0.15, 0.2) is 0 Å². The first-order chi connectivity index (χ1) is 12.1. The summed E-state index contributed by atoms with van der Waals surface area (Å²) in [6, 6.07) is 15.6. The van der Waals surface area contributed by atoms with Crippen LogP contribution in [-0.2, 0) is 28.1 Å². The molecule has 0 amide bonds. The molecule has 2 aromatic carbocycles.